The lowest BCUT2D eigenvalue weighted by Crippen LogP contribution is -2.62. The number of para-hydroxylation sites is 1. The predicted octanol–water partition coefficient (Wildman–Crippen LogP) is 5.37. The number of likely N-dealkylation sites (N-methyl/N-ethyl adjacent to an activating group) is 1. The van der Waals surface area contributed by atoms with Gasteiger partial charge in [-0.3, -0.25) is 14.4 Å². The van der Waals surface area contributed by atoms with Gasteiger partial charge in [0, 0.05) is 41.2 Å². The van der Waals surface area contributed by atoms with Crippen molar-refractivity contribution < 1.29 is 24.3 Å². The lowest BCUT2D eigenvalue weighted by atomic mass is 9.45. The third-order valence-corrected chi connectivity index (χ3v) is 11.5. The fourth-order valence-electron chi connectivity index (χ4n) is 8.68. The monoisotopic (exact) mass is 662 g/mol. The van der Waals surface area contributed by atoms with Crippen LogP contribution in [0.4, 0.5) is 0 Å². The number of nitrogens with zero attached hydrogens (tertiary/aromatic N) is 2. The molecule has 2 aromatic carbocycles. The highest BCUT2D eigenvalue weighted by molar-refractivity contribution is 5.96. The maximum absolute atomic E-state index is 14.0. The first-order valence-electron chi connectivity index (χ1n) is 17.8. The van der Waals surface area contributed by atoms with Crippen LogP contribution in [0.3, 0.4) is 0 Å². The van der Waals surface area contributed by atoms with Crippen molar-refractivity contribution in [2.45, 2.75) is 91.6 Å². The van der Waals surface area contributed by atoms with Gasteiger partial charge in [-0.15, -0.1) is 0 Å². The van der Waals surface area contributed by atoms with Gasteiger partial charge in [-0.1, -0.05) is 65.0 Å². The highest BCUT2D eigenvalue weighted by Crippen LogP contribution is 2.61. The molecule has 0 spiro atoms. The maximum atomic E-state index is 14.0. The molecule has 1 saturated heterocycles. The predicted molar refractivity (Wildman–Crippen MR) is 189 cm³/mol. The molecule has 1 aliphatic heterocycles. The molecule has 9 nitrogen and oxygen atoms in total. The van der Waals surface area contributed by atoms with E-state index in [9.17, 15) is 14.7 Å². The molecule has 6 rings (SSSR count). The van der Waals surface area contributed by atoms with E-state index in [0.717, 1.165) is 36.1 Å². The summed E-state index contributed by atoms with van der Waals surface area (Å²) in [4.78, 5) is 35.6. The normalized spacial score (nSPS) is 27.8. The summed E-state index contributed by atoms with van der Waals surface area (Å²) in [7, 11) is 5.68. The molecule has 3 saturated carbocycles. The Morgan fingerprint density at radius 1 is 1.12 bits per heavy atom. The lowest BCUT2D eigenvalue weighted by molar-refractivity contribution is -0.161. The number of ether oxygens (including phenoxy) is 1. The van der Waals surface area contributed by atoms with Crippen molar-refractivity contribution in [3.8, 4) is 16.9 Å². The second-order valence-corrected chi connectivity index (χ2v) is 15.9. The minimum atomic E-state index is -0.707. The minimum Gasteiger partial charge on any atom is -0.496 e. The highest BCUT2D eigenvalue weighted by atomic mass is 16.7. The molecular formula is C39H58N4O5. The van der Waals surface area contributed by atoms with Crippen molar-refractivity contribution >= 4 is 11.8 Å². The third-order valence-electron chi connectivity index (χ3n) is 11.5. The van der Waals surface area contributed by atoms with Crippen LogP contribution >= 0.6 is 0 Å². The molecule has 4 aliphatic rings. The van der Waals surface area contributed by atoms with Crippen LogP contribution in [0.2, 0.25) is 0 Å². The van der Waals surface area contributed by atoms with E-state index in [0.29, 0.717) is 46.9 Å². The molecule has 264 valence electrons. The number of benzene rings is 2. The summed E-state index contributed by atoms with van der Waals surface area (Å²) in [6.45, 7) is 14.4. The Hall–Kier alpha value is -2.98. The van der Waals surface area contributed by atoms with Gasteiger partial charge in [-0.25, -0.2) is 0 Å². The standard InChI is InChI=1S/C39H58N4O5/c1-23(2)16-30(21-42(7)8)40-37(45)27-13-10-12-26(17-27)31-15-11-14-28(36(31)47-9)20-43-35(32(22-48-43)25(4)44)38(46)41-34-19-29-18-33(24(34)3)39(29,5)6/h10-15,17,23-25,29-30,32-35,44H,16,18-22H2,1-9H3,(H,40,45)(H,41,46)/t24-,25-,29+,30-,32-,33-,34-,35-/m0/s1. The van der Waals surface area contributed by atoms with Crippen LogP contribution < -0.4 is 15.4 Å². The second kappa shape index (κ2) is 14.9. The van der Waals surface area contributed by atoms with E-state index in [1.54, 1.807) is 19.1 Å². The molecule has 0 radical (unpaired) electrons. The Labute approximate surface area is 287 Å². The SMILES string of the molecule is COc1c(CN2OC[C@@H]([C@H](C)O)[C@H]2C(=O)N[C@H]2C[C@H]3C[C@@H]([C@@H]2C)C3(C)C)cccc1-c1cccc(C(=O)N[C@@H](CC(C)C)CN(C)C)c1. The molecule has 3 aliphatic carbocycles. The molecule has 0 unspecified atom stereocenters. The van der Waals surface area contributed by atoms with Crippen LogP contribution in [-0.2, 0) is 16.2 Å². The largest absolute Gasteiger partial charge is 0.496 e. The van der Waals surface area contributed by atoms with Gasteiger partial charge < -0.3 is 25.4 Å². The smallest absolute Gasteiger partial charge is 0.251 e. The van der Waals surface area contributed by atoms with E-state index in [1.807, 2.05) is 56.6 Å². The van der Waals surface area contributed by atoms with E-state index in [-0.39, 0.29) is 36.4 Å². The Balaban J connectivity index is 1.35. The van der Waals surface area contributed by atoms with Crippen molar-refractivity contribution in [3.63, 3.8) is 0 Å². The number of methoxy groups -OCH3 is 1. The Morgan fingerprint density at radius 2 is 1.85 bits per heavy atom. The van der Waals surface area contributed by atoms with Crippen LogP contribution in [0.1, 0.15) is 76.7 Å². The number of amides is 2. The van der Waals surface area contributed by atoms with Gasteiger partial charge in [-0.05, 0) is 87.1 Å². The topological polar surface area (TPSA) is 103 Å². The number of carbonyl (C=O) groups is 2. The van der Waals surface area contributed by atoms with Gasteiger partial charge in [0.05, 0.1) is 26.4 Å². The average Bonchev–Trinajstić information content (AvgIpc) is 3.45. The van der Waals surface area contributed by atoms with Crippen LogP contribution in [-0.4, -0.2) is 85.5 Å². The van der Waals surface area contributed by atoms with Crippen molar-refractivity contribution in [2.75, 3.05) is 34.4 Å². The van der Waals surface area contributed by atoms with Crippen molar-refractivity contribution in [2.24, 2.45) is 35.0 Å². The Morgan fingerprint density at radius 3 is 2.48 bits per heavy atom. The molecule has 9 heteroatoms. The molecule has 8 atom stereocenters. The van der Waals surface area contributed by atoms with E-state index in [2.05, 4.69) is 50.2 Å². The lowest BCUT2D eigenvalue weighted by Gasteiger charge is -2.62. The van der Waals surface area contributed by atoms with E-state index >= 15 is 0 Å². The number of fused-ring (bicyclic) bond motifs is 2. The van der Waals surface area contributed by atoms with Gasteiger partial charge in [0.2, 0.25) is 5.91 Å². The Kier molecular flexibility index (Phi) is 11.2. The van der Waals surface area contributed by atoms with E-state index in [1.165, 1.54) is 6.42 Å². The highest BCUT2D eigenvalue weighted by Gasteiger charge is 2.57. The molecule has 1 heterocycles. The van der Waals surface area contributed by atoms with Gasteiger partial charge >= 0.3 is 0 Å². The maximum Gasteiger partial charge on any atom is 0.251 e. The molecule has 2 aromatic rings. The number of rotatable bonds is 13. The zero-order chi connectivity index (χ0) is 34.9. The number of hydrogen-bond acceptors (Lipinski definition) is 7. The number of aliphatic hydroxyl groups excluding tert-OH is 1. The summed E-state index contributed by atoms with van der Waals surface area (Å²) < 4.78 is 6.00. The van der Waals surface area contributed by atoms with Gasteiger partial charge in [0.1, 0.15) is 11.8 Å². The van der Waals surface area contributed by atoms with Crippen LogP contribution in [0.25, 0.3) is 11.1 Å². The van der Waals surface area contributed by atoms with Gasteiger partial charge in [0.15, 0.2) is 0 Å². The number of carbonyl (C=O) groups excluding carboxylic acids is 2. The van der Waals surface area contributed by atoms with Crippen molar-refractivity contribution in [3.05, 3.63) is 53.6 Å². The number of hydroxylamine groups is 2. The summed E-state index contributed by atoms with van der Waals surface area (Å²) in [5, 5.41) is 19.0. The molecule has 48 heavy (non-hydrogen) atoms. The quantitative estimate of drug-likeness (QED) is 0.265. The molecule has 4 fully saturated rings. The number of aliphatic hydroxyl groups is 1. The minimum absolute atomic E-state index is 0.0453. The summed E-state index contributed by atoms with van der Waals surface area (Å²) >= 11 is 0. The molecular weight excluding hydrogens is 604 g/mol. The van der Waals surface area contributed by atoms with Gasteiger partial charge in [-0.2, -0.15) is 5.06 Å². The fourth-order valence-corrected chi connectivity index (χ4v) is 8.68. The summed E-state index contributed by atoms with van der Waals surface area (Å²) in [6, 6.07) is 13.1. The summed E-state index contributed by atoms with van der Waals surface area (Å²) in [5.74, 6) is 2.22. The summed E-state index contributed by atoms with van der Waals surface area (Å²) in [5.41, 5.74) is 3.48. The summed E-state index contributed by atoms with van der Waals surface area (Å²) in [6.07, 6.45) is 2.42. The van der Waals surface area contributed by atoms with Crippen LogP contribution in [0.15, 0.2) is 42.5 Å². The molecule has 2 amide bonds. The molecule has 2 bridgehead atoms. The number of nitrogens with one attached hydrogen (secondary N) is 2. The fraction of sp³-hybridized carbons (Fsp3) is 0.641. The van der Waals surface area contributed by atoms with Crippen LogP contribution in [0.5, 0.6) is 5.75 Å². The second-order valence-electron chi connectivity index (χ2n) is 15.9. The average molecular weight is 663 g/mol. The van der Waals surface area contributed by atoms with E-state index < -0.39 is 12.1 Å². The zero-order valence-electron chi connectivity index (χ0n) is 30.5. The first-order valence-corrected chi connectivity index (χ1v) is 17.8. The first-order chi connectivity index (χ1) is 22.7. The van der Waals surface area contributed by atoms with Gasteiger partial charge in [0.25, 0.3) is 5.91 Å². The number of hydrogen-bond donors (Lipinski definition) is 3. The Bertz CT molecular complexity index is 1430. The zero-order valence-corrected chi connectivity index (χ0v) is 30.5. The molecule has 3 N–H and O–H groups in total. The van der Waals surface area contributed by atoms with E-state index in [4.69, 9.17) is 9.57 Å². The molecule has 0 aromatic heterocycles. The first kappa shape index (κ1) is 36.3. The third kappa shape index (κ3) is 7.59. The van der Waals surface area contributed by atoms with Crippen molar-refractivity contribution in [1.29, 1.82) is 0 Å². The van der Waals surface area contributed by atoms with Crippen molar-refractivity contribution in [1.82, 2.24) is 20.6 Å². The van der Waals surface area contributed by atoms with Crippen LogP contribution in [0, 0.1) is 35.0 Å².